The van der Waals surface area contributed by atoms with Crippen LogP contribution in [0, 0.1) is 5.92 Å². The molecular formula is C8H15N3. The molecule has 0 atom stereocenters. The molecule has 1 heterocycles. The van der Waals surface area contributed by atoms with E-state index in [0.717, 1.165) is 5.92 Å². The highest BCUT2D eigenvalue weighted by molar-refractivity contribution is 5.11. The van der Waals surface area contributed by atoms with Crippen molar-refractivity contribution in [3.05, 3.63) is 18.5 Å². The number of nitrogen functional groups attached to an aromatic ring is 1. The maximum atomic E-state index is 5.14. The average Bonchev–Trinajstić information content (AvgIpc) is 1.87. The van der Waals surface area contributed by atoms with E-state index in [1.807, 2.05) is 0 Å². The molecule has 0 aliphatic heterocycles. The Morgan fingerprint density at radius 2 is 1.55 bits per heavy atom. The Balaban J connectivity index is 0.000000218. The van der Waals surface area contributed by atoms with Gasteiger partial charge in [0, 0.05) is 12.4 Å². The van der Waals surface area contributed by atoms with Gasteiger partial charge in [0.2, 0.25) is 5.95 Å². The zero-order valence-electron chi connectivity index (χ0n) is 7.28. The van der Waals surface area contributed by atoms with Crippen LogP contribution in [0.25, 0.3) is 0 Å². The summed E-state index contributed by atoms with van der Waals surface area (Å²) in [5, 5.41) is 0. The number of hydrogen-bond acceptors (Lipinski definition) is 3. The smallest absolute Gasteiger partial charge is 0.219 e. The third kappa shape index (κ3) is 8.88. The molecule has 0 saturated heterocycles. The maximum Gasteiger partial charge on any atom is 0.219 e. The molecule has 0 saturated carbocycles. The number of anilines is 1. The van der Waals surface area contributed by atoms with Gasteiger partial charge in [0.1, 0.15) is 0 Å². The molecular weight excluding hydrogens is 138 g/mol. The Morgan fingerprint density at radius 3 is 1.73 bits per heavy atom. The first-order chi connectivity index (χ1) is 5.13. The molecule has 62 valence electrons. The Morgan fingerprint density at radius 1 is 1.18 bits per heavy atom. The number of nitrogens with two attached hydrogens (primary N) is 1. The topological polar surface area (TPSA) is 51.8 Å². The van der Waals surface area contributed by atoms with Crippen LogP contribution in [-0.2, 0) is 0 Å². The van der Waals surface area contributed by atoms with Crippen molar-refractivity contribution in [1.29, 1.82) is 0 Å². The number of rotatable bonds is 0. The highest BCUT2D eigenvalue weighted by Gasteiger charge is 1.75. The van der Waals surface area contributed by atoms with Crippen LogP contribution < -0.4 is 5.73 Å². The van der Waals surface area contributed by atoms with Gasteiger partial charge in [0.25, 0.3) is 0 Å². The predicted molar refractivity (Wildman–Crippen MR) is 47.0 cm³/mol. The van der Waals surface area contributed by atoms with Gasteiger partial charge >= 0.3 is 0 Å². The molecule has 0 aliphatic carbocycles. The molecule has 0 unspecified atom stereocenters. The van der Waals surface area contributed by atoms with Crippen LogP contribution in [0.2, 0.25) is 0 Å². The maximum absolute atomic E-state index is 5.14. The van der Waals surface area contributed by atoms with Gasteiger partial charge in [-0.25, -0.2) is 9.97 Å². The van der Waals surface area contributed by atoms with Crippen molar-refractivity contribution in [1.82, 2.24) is 9.97 Å². The van der Waals surface area contributed by atoms with Crippen molar-refractivity contribution in [2.45, 2.75) is 20.8 Å². The van der Waals surface area contributed by atoms with Crippen LogP contribution in [0.4, 0.5) is 5.95 Å². The zero-order valence-corrected chi connectivity index (χ0v) is 7.28. The van der Waals surface area contributed by atoms with E-state index in [-0.39, 0.29) is 0 Å². The molecule has 2 N–H and O–H groups in total. The molecule has 0 radical (unpaired) electrons. The summed E-state index contributed by atoms with van der Waals surface area (Å²) in [5.41, 5.74) is 5.14. The summed E-state index contributed by atoms with van der Waals surface area (Å²) in [6, 6.07) is 1.72. The number of nitrogens with zero attached hydrogens (tertiary/aromatic N) is 2. The van der Waals surface area contributed by atoms with Gasteiger partial charge < -0.3 is 5.73 Å². The minimum absolute atomic E-state index is 0.322. The standard InChI is InChI=1S/C4H5N3.C4H10/c5-4-6-2-1-3-7-4;1-4(2)3/h1-3H,(H2,5,6,7);4H,1-3H3. The van der Waals surface area contributed by atoms with Crippen LogP contribution >= 0.6 is 0 Å². The van der Waals surface area contributed by atoms with Gasteiger partial charge in [-0.1, -0.05) is 20.8 Å². The summed E-state index contributed by atoms with van der Waals surface area (Å²) in [6.07, 6.45) is 3.20. The molecule has 1 aromatic rings. The van der Waals surface area contributed by atoms with E-state index in [0.29, 0.717) is 5.95 Å². The second-order valence-corrected chi connectivity index (χ2v) is 2.84. The summed E-state index contributed by atoms with van der Waals surface area (Å²) in [5.74, 6) is 1.16. The van der Waals surface area contributed by atoms with Gasteiger partial charge in [-0.05, 0) is 12.0 Å². The van der Waals surface area contributed by atoms with E-state index in [9.17, 15) is 0 Å². The molecule has 11 heavy (non-hydrogen) atoms. The summed E-state index contributed by atoms with van der Waals surface area (Å²) in [7, 11) is 0. The molecule has 0 aliphatic rings. The van der Waals surface area contributed by atoms with Gasteiger partial charge in [0.05, 0.1) is 0 Å². The predicted octanol–water partition coefficient (Wildman–Crippen LogP) is 1.72. The Bertz CT molecular complexity index is 169. The van der Waals surface area contributed by atoms with Gasteiger partial charge in [-0.2, -0.15) is 0 Å². The van der Waals surface area contributed by atoms with Crippen molar-refractivity contribution >= 4 is 5.95 Å². The summed E-state index contributed by atoms with van der Waals surface area (Å²) >= 11 is 0. The van der Waals surface area contributed by atoms with Crippen molar-refractivity contribution in [2.24, 2.45) is 5.92 Å². The quantitative estimate of drug-likeness (QED) is 0.617. The Kier molecular flexibility index (Phi) is 5.07. The average molecular weight is 153 g/mol. The lowest BCUT2D eigenvalue weighted by Gasteiger charge is -1.82. The normalized spacial score (nSPS) is 8.73. The van der Waals surface area contributed by atoms with E-state index in [4.69, 9.17) is 5.73 Å². The van der Waals surface area contributed by atoms with Crippen LogP contribution in [0.15, 0.2) is 18.5 Å². The highest BCUT2D eigenvalue weighted by Crippen LogP contribution is 1.81. The SMILES string of the molecule is CC(C)C.Nc1ncccn1. The lowest BCUT2D eigenvalue weighted by molar-refractivity contribution is 0.737. The fourth-order valence-electron chi connectivity index (χ4n) is 0.311. The molecule has 1 aromatic heterocycles. The first kappa shape index (κ1) is 9.88. The van der Waals surface area contributed by atoms with E-state index in [2.05, 4.69) is 30.7 Å². The third-order valence-electron chi connectivity index (χ3n) is 0.586. The summed E-state index contributed by atoms with van der Waals surface area (Å²) in [4.78, 5) is 7.29. The second-order valence-electron chi connectivity index (χ2n) is 2.84. The minimum atomic E-state index is 0.322. The van der Waals surface area contributed by atoms with Crippen molar-refractivity contribution in [3.8, 4) is 0 Å². The number of hydrogen-bond donors (Lipinski definition) is 1. The molecule has 0 aromatic carbocycles. The monoisotopic (exact) mass is 153 g/mol. The van der Waals surface area contributed by atoms with Gasteiger partial charge in [-0.3, -0.25) is 0 Å². The summed E-state index contributed by atoms with van der Waals surface area (Å²) in [6.45, 7) is 6.50. The number of aromatic nitrogens is 2. The fourth-order valence-corrected chi connectivity index (χ4v) is 0.311. The van der Waals surface area contributed by atoms with Crippen LogP contribution in [0.1, 0.15) is 20.8 Å². The van der Waals surface area contributed by atoms with Crippen LogP contribution in [0.3, 0.4) is 0 Å². The molecule has 0 amide bonds. The molecule has 3 nitrogen and oxygen atoms in total. The fraction of sp³-hybridized carbons (Fsp3) is 0.500. The molecule has 0 spiro atoms. The van der Waals surface area contributed by atoms with Crippen LogP contribution in [0.5, 0.6) is 0 Å². The third-order valence-corrected chi connectivity index (χ3v) is 0.586. The lowest BCUT2D eigenvalue weighted by Crippen LogP contribution is -1.90. The first-order valence-electron chi connectivity index (χ1n) is 3.65. The Hall–Kier alpha value is -1.12. The zero-order chi connectivity index (χ0) is 8.69. The van der Waals surface area contributed by atoms with E-state index in [1.165, 1.54) is 0 Å². The van der Waals surface area contributed by atoms with E-state index >= 15 is 0 Å². The van der Waals surface area contributed by atoms with E-state index in [1.54, 1.807) is 18.5 Å². The van der Waals surface area contributed by atoms with E-state index < -0.39 is 0 Å². The van der Waals surface area contributed by atoms with Crippen LogP contribution in [-0.4, -0.2) is 9.97 Å². The van der Waals surface area contributed by atoms with Crippen molar-refractivity contribution < 1.29 is 0 Å². The highest BCUT2D eigenvalue weighted by atomic mass is 15.0. The Labute approximate surface area is 67.7 Å². The largest absolute Gasteiger partial charge is 0.368 e. The summed E-state index contributed by atoms with van der Waals surface area (Å²) < 4.78 is 0. The molecule has 1 rings (SSSR count). The van der Waals surface area contributed by atoms with Crippen molar-refractivity contribution in [2.75, 3.05) is 5.73 Å². The molecule has 3 heteroatoms. The lowest BCUT2D eigenvalue weighted by atomic mass is 10.3. The molecule has 0 bridgehead atoms. The van der Waals surface area contributed by atoms with Gasteiger partial charge in [-0.15, -0.1) is 0 Å². The first-order valence-corrected chi connectivity index (χ1v) is 3.65. The van der Waals surface area contributed by atoms with Crippen molar-refractivity contribution in [3.63, 3.8) is 0 Å². The second kappa shape index (κ2) is 5.65. The minimum Gasteiger partial charge on any atom is -0.368 e. The van der Waals surface area contributed by atoms with Gasteiger partial charge in [0.15, 0.2) is 0 Å². The molecule has 0 fully saturated rings.